The van der Waals surface area contributed by atoms with Gasteiger partial charge in [0.15, 0.2) is 0 Å². The van der Waals surface area contributed by atoms with Crippen molar-refractivity contribution in [3.63, 3.8) is 0 Å². The van der Waals surface area contributed by atoms with Crippen molar-refractivity contribution in [2.24, 2.45) is 0 Å². The lowest BCUT2D eigenvalue weighted by Gasteiger charge is -2.32. The smallest absolute Gasteiger partial charge is 0.240 e. The number of hydrogen-bond donors (Lipinski definition) is 2. The number of ether oxygens (including phenoxy) is 1. The van der Waals surface area contributed by atoms with Crippen molar-refractivity contribution in [1.82, 2.24) is 24.7 Å². The number of nitrogens with one attached hydrogen (secondary N) is 2. The fourth-order valence-electron chi connectivity index (χ4n) is 4.04. The summed E-state index contributed by atoms with van der Waals surface area (Å²) in [5.41, 5.74) is 1.80. The highest BCUT2D eigenvalue weighted by Gasteiger charge is 2.15. The number of aromatic nitrogens is 2. The minimum Gasteiger partial charge on any atom is -0.494 e. The van der Waals surface area contributed by atoms with Gasteiger partial charge in [-0.2, -0.15) is 5.10 Å². The van der Waals surface area contributed by atoms with Crippen LogP contribution in [0, 0.1) is 0 Å². The number of hydrogen-bond acceptors (Lipinski definition) is 6. The lowest BCUT2D eigenvalue weighted by Crippen LogP contribution is -2.44. The molecule has 0 saturated carbocycles. The first-order valence-corrected chi connectivity index (χ1v) is 13.5. The largest absolute Gasteiger partial charge is 0.494 e. The van der Waals surface area contributed by atoms with E-state index in [0.29, 0.717) is 36.8 Å². The van der Waals surface area contributed by atoms with Crippen molar-refractivity contribution in [3.8, 4) is 5.75 Å². The van der Waals surface area contributed by atoms with Crippen molar-refractivity contribution in [2.75, 3.05) is 52.9 Å². The first-order valence-electron chi connectivity index (χ1n) is 11.7. The van der Waals surface area contributed by atoms with Gasteiger partial charge in [0.25, 0.3) is 0 Å². The van der Waals surface area contributed by atoms with Crippen LogP contribution in [0.5, 0.6) is 5.75 Å². The van der Waals surface area contributed by atoms with Gasteiger partial charge < -0.3 is 14.5 Å². The van der Waals surface area contributed by atoms with Gasteiger partial charge >= 0.3 is 0 Å². The van der Waals surface area contributed by atoms with E-state index in [-0.39, 0.29) is 4.90 Å². The minimum absolute atomic E-state index is 0.231. The van der Waals surface area contributed by atoms with E-state index in [0.717, 1.165) is 55.7 Å². The van der Waals surface area contributed by atoms with Crippen LogP contribution in [0.25, 0.3) is 10.9 Å². The zero-order chi connectivity index (χ0) is 24.0. The molecule has 1 aliphatic rings. The van der Waals surface area contributed by atoms with Crippen molar-refractivity contribution in [1.29, 1.82) is 0 Å². The summed E-state index contributed by atoms with van der Waals surface area (Å²) in [6.45, 7) is 6.38. The maximum absolute atomic E-state index is 12.6. The molecule has 0 atom stereocenters. The Morgan fingerprint density at radius 2 is 1.85 bits per heavy atom. The minimum atomic E-state index is -3.58. The van der Waals surface area contributed by atoms with Crippen LogP contribution in [0.4, 0.5) is 0 Å². The third kappa shape index (κ3) is 6.70. The SMILES string of the molecule is CN1CCN(CCCOc2ccc(S(=O)(=O)NCCCc3n[nH]c4ccc(Cl)cc34)cc2)CC1. The Bertz CT molecular complexity index is 1180. The zero-order valence-corrected chi connectivity index (χ0v) is 21.0. The molecule has 34 heavy (non-hydrogen) atoms. The maximum Gasteiger partial charge on any atom is 0.240 e. The topological polar surface area (TPSA) is 90.6 Å². The van der Waals surface area contributed by atoms with Gasteiger partial charge in [-0.05, 0) is 68.8 Å². The summed E-state index contributed by atoms with van der Waals surface area (Å²) >= 11 is 6.07. The van der Waals surface area contributed by atoms with Crippen LogP contribution in [0.3, 0.4) is 0 Å². The molecule has 0 spiro atoms. The first-order chi connectivity index (χ1) is 16.4. The summed E-state index contributed by atoms with van der Waals surface area (Å²) in [5.74, 6) is 0.682. The highest BCUT2D eigenvalue weighted by Crippen LogP contribution is 2.21. The van der Waals surface area contributed by atoms with Gasteiger partial charge in [0.1, 0.15) is 5.75 Å². The fraction of sp³-hybridized carbons (Fsp3) is 0.458. The second-order valence-corrected chi connectivity index (χ2v) is 10.9. The molecule has 10 heteroatoms. The summed E-state index contributed by atoms with van der Waals surface area (Å²) in [6, 6.07) is 12.2. The molecular weight excluding hydrogens is 474 g/mol. The molecule has 4 rings (SSSR count). The van der Waals surface area contributed by atoms with Gasteiger partial charge in [0.2, 0.25) is 10.0 Å². The summed E-state index contributed by atoms with van der Waals surface area (Å²) in [5, 5.41) is 8.91. The molecule has 1 saturated heterocycles. The van der Waals surface area contributed by atoms with E-state index in [1.54, 1.807) is 24.3 Å². The van der Waals surface area contributed by atoms with Gasteiger partial charge in [-0.1, -0.05) is 11.6 Å². The standard InChI is InChI=1S/C24H32ClN5O3S/c1-29-13-15-30(16-14-29)12-3-17-33-20-6-8-21(9-7-20)34(31,32)26-11-2-4-23-22-18-19(25)5-10-24(22)28-27-23/h5-10,18,26H,2-4,11-17H2,1H3,(H,27,28). The van der Waals surface area contributed by atoms with Gasteiger partial charge in [0.05, 0.1) is 22.7 Å². The van der Waals surface area contributed by atoms with Crippen molar-refractivity contribution in [2.45, 2.75) is 24.2 Å². The molecule has 0 bridgehead atoms. The number of benzene rings is 2. The van der Waals surface area contributed by atoms with E-state index in [9.17, 15) is 8.42 Å². The summed E-state index contributed by atoms with van der Waals surface area (Å²) in [4.78, 5) is 5.03. The van der Waals surface area contributed by atoms with E-state index in [1.165, 1.54) is 0 Å². The van der Waals surface area contributed by atoms with Crippen molar-refractivity contribution >= 4 is 32.5 Å². The fourth-order valence-corrected chi connectivity index (χ4v) is 5.29. The molecule has 3 aromatic rings. The van der Waals surface area contributed by atoms with E-state index in [4.69, 9.17) is 16.3 Å². The molecular formula is C24H32ClN5O3S. The number of likely N-dealkylation sites (N-methyl/N-ethyl adjacent to an activating group) is 1. The highest BCUT2D eigenvalue weighted by molar-refractivity contribution is 7.89. The second-order valence-electron chi connectivity index (χ2n) is 8.68. The first kappa shape index (κ1) is 24.9. The average molecular weight is 506 g/mol. The van der Waals surface area contributed by atoms with Crippen LogP contribution in [-0.4, -0.2) is 81.3 Å². The Kier molecular flexibility index (Phi) is 8.44. The van der Waals surface area contributed by atoms with Crippen molar-refractivity contribution < 1.29 is 13.2 Å². The Morgan fingerprint density at radius 1 is 1.09 bits per heavy atom. The molecule has 184 valence electrons. The zero-order valence-electron chi connectivity index (χ0n) is 19.5. The van der Waals surface area contributed by atoms with Crippen LogP contribution in [-0.2, 0) is 16.4 Å². The van der Waals surface area contributed by atoms with Gasteiger partial charge in [-0.3, -0.25) is 5.10 Å². The quantitative estimate of drug-likeness (QED) is 0.389. The Balaban J connectivity index is 1.19. The van der Waals surface area contributed by atoms with Gasteiger partial charge in [-0.15, -0.1) is 0 Å². The highest BCUT2D eigenvalue weighted by atomic mass is 35.5. The van der Waals surface area contributed by atoms with E-state index >= 15 is 0 Å². The van der Waals surface area contributed by atoms with E-state index in [1.807, 2.05) is 18.2 Å². The predicted octanol–water partition coefficient (Wildman–Crippen LogP) is 3.14. The molecule has 0 amide bonds. The lowest BCUT2D eigenvalue weighted by atomic mass is 10.1. The normalized spacial score (nSPS) is 15.7. The molecule has 0 unspecified atom stereocenters. The summed E-state index contributed by atoms with van der Waals surface area (Å²) in [7, 11) is -1.43. The molecule has 1 aliphatic heterocycles. The lowest BCUT2D eigenvalue weighted by molar-refractivity contribution is 0.145. The van der Waals surface area contributed by atoms with Crippen LogP contribution in [0.1, 0.15) is 18.5 Å². The molecule has 1 aromatic heterocycles. The number of piperazine rings is 1. The van der Waals surface area contributed by atoms with Crippen LogP contribution < -0.4 is 9.46 Å². The monoisotopic (exact) mass is 505 g/mol. The molecule has 8 nitrogen and oxygen atoms in total. The number of rotatable bonds is 11. The number of fused-ring (bicyclic) bond motifs is 1. The number of H-pyrrole nitrogens is 1. The summed E-state index contributed by atoms with van der Waals surface area (Å²) in [6.07, 6.45) is 2.22. The third-order valence-electron chi connectivity index (χ3n) is 6.10. The van der Waals surface area contributed by atoms with E-state index in [2.05, 4.69) is 31.8 Å². The number of aromatic amines is 1. The average Bonchev–Trinajstić information content (AvgIpc) is 3.23. The third-order valence-corrected chi connectivity index (χ3v) is 7.82. The number of nitrogens with zero attached hydrogens (tertiary/aromatic N) is 3. The summed E-state index contributed by atoms with van der Waals surface area (Å²) < 4.78 is 33.7. The Labute approximate surface area is 206 Å². The molecule has 2 aromatic carbocycles. The maximum atomic E-state index is 12.6. The number of halogens is 1. The Morgan fingerprint density at radius 3 is 2.62 bits per heavy atom. The molecule has 2 heterocycles. The van der Waals surface area contributed by atoms with Crippen LogP contribution >= 0.6 is 11.6 Å². The predicted molar refractivity (Wildman–Crippen MR) is 135 cm³/mol. The van der Waals surface area contributed by atoms with Gasteiger partial charge in [0, 0.05) is 49.7 Å². The van der Waals surface area contributed by atoms with Crippen molar-refractivity contribution in [3.05, 3.63) is 53.2 Å². The van der Waals surface area contributed by atoms with Crippen LogP contribution in [0.15, 0.2) is 47.4 Å². The Hall–Kier alpha value is -2.17. The van der Waals surface area contributed by atoms with Gasteiger partial charge in [-0.25, -0.2) is 13.1 Å². The van der Waals surface area contributed by atoms with E-state index < -0.39 is 10.0 Å². The molecule has 0 aliphatic carbocycles. The number of sulfonamides is 1. The second kappa shape index (κ2) is 11.5. The number of aryl methyl sites for hydroxylation is 1. The molecule has 1 fully saturated rings. The van der Waals surface area contributed by atoms with Crippen LogP contribution in [0.2, 0.25) is 5.02 Å². The molecule has 2 N–H and O–H groups in total. The molecule has 0 radical (unpaired) electrons.